The molecule has 2 nitrogen and oxygen atoms in total. The van der Waals surface area contributed by atoms with Gasteiger partial charge in [-0.25, -0.2) is 4.98 Å². The minimum atomic E-state index is -2.07. The largest absolute Gasteiger partial charge is 0.290 e. The van der Waals surface area contributed by atoms with Gasteiger partial charge >= 0.3 is 0 Å². The molecule has 0 bridgehead atoms. The molecule has 5 rings (SSSR count). The Bertz CT molecular complexity index is 1150. The molecule has 5 aromatic rings. The van der Waals surface area contributed by atoms with Gasteiger partial charge in [0, 0.05) is 11.6 Å². The second kappa shape index (κ2) is 5.94. The molecule has 0 N–H and O–H groups in total. The molecule has 0 aliphatic heterocycles. The Labute approximate surface area is 157 Å². The number of fused-ring (bicyclic) bond motifs is 3. The maximum Gasteiger partial charge on any atom is 0.194 e. The summed E-state index contributed by atoms with van der Waals surface area (Å²) in [7, 11) is -2.07. The first-order chi connectivity index (χ1) is 12.8. The number of imidazole rings is 1. The van der Waals surface area contributed by atoms with E-state index in [0.29, 0.717) is 0 Å². The number of hydrogen-bond donors (Lipinski definition) is 0. The highest BCUT2D eigenvalue weighted by Crippen LogP contribution is 2.20. The van der Waals surface area contributed by atoms with E-state index in [4.69, 9.17) is 4.98 Å². The fourth-order valence-corrected chi connectivity index (χ4v) is 8.09. The third-order valence-electron chi connectivity index (χ3n) is 5.32. The number of hydrogen-bond acceptors (Lipinski definition) is 2. The third kappa shape index (κ3) is 2.26. The van der Waals surface area contributed by atoms with Crippen molar-refractivity contribution in [2.75, 3.05) is 0 Å². The average molecular weight is 371 g/mol. The molecule has 0 fully saturated rings. The highest BCUT2D eigenvalue weighted by Gasteiger charge is 2.34. The number of aromatic nitrogens is 2. The molecule has 2 aromatic heterocycles. The molecular weight excluding hydrogens is 352 g/mol. The van der Waals surface area contributed by atoms with Crippen LogP contribution < -0.4 is 15.6 Å². The van der Waals surface area contributed by atoms with E-state index >= 15 is 0 Å². The lowest BCUT2D eigenvalue weighted by Crippen LogP contribution is -2.64. The summed E-state index contributed by atoms with van der Waals surface area (Å²) in [5, 5.41) is 6.36. The van der Waals surface area contributed by atoms with Gasteiger partial charge in [0.2, 0.25) is 0 Å². The maximum absolute atomic E-state index is 4.74. The lowest BCUT2D eigenvalue weighted by Gasteiger charge is -2.29. The van der Waals surface area contributed by atoms with Crippen molar-refractivity contribution in [2.45, 2.75) is 6.55 Å². The minimum absolute atomic E-state index is 1.06. The van der Waals surface area contributed by atoms with Crippen molar-refractivity contribution in [3.05, 3.63) is 90.4 Å². The van der Waals surface area contributed by atoms with Crippen LogP contribution in [0.1, 0.15) is 0 Å². The van der Waals surface area contributed by atoms with Crippen molar-refractivity contribution in [3.63, 3.8) is 0 Å². The molecule has 4 heteroatoms. The number of nitrogens with zero attached hydrogens (tertiary/aromatic N) is 2. The summed E-state index contributed by atoms with van der Waals surface area (Å²) < 4.78 is 2.20. The van der Waals surface area contributed by atoms with E-state index in [1.165, 1.54) is 21.1 Å². The van der Waals surface area contributed by atoms with Crippen LogP contribution in [0.25, 0.3) is 16.0 Å². The van der Waals surface area contributed by atoms with Crippen LogP contribution in [0.2, 0.25) is 6.55 Å². The Balaban J connectivity index is 1.81. The van der Waals surface area contributed by atoms with Gasteiger partial charge in [-0.15, -0.1) is 11.3 Å². The third-order valence-corrected chi connectivity index (χ3v) is 10.5. The fourth-order valence-electron chi connectivity index (χ4n) is 3.80. The topological polar surface area (TPSA) is 17.3 Å². The first-order valence-corrected chi connectivity index (χ1v) is 12.1. The Hall–Kier alpha value is -2.69. The van der Waals surface area contributed by atoms with Crippen LogP contribution in [0, 0.1) is 0 Å². The molecule has 2 heterocycles. The van der Waals surface area contributed by atoms with Crippen LogP contribution in [0.5, 0.6) is 0 Å². The quantitative estimate of drug-likeness (QED) is 0.350. The molecule has 3 aromatic carbocycles. The molecule has 0 atom stereocenters. The number of thiazole rings is 1. The molecular formula is C22H18N2SSi. The summed E-state index contributed by atoms with van der Waals surface area (Å²) in [6.07, 6.45) is 2.11. The molecule has 26 heavy (non-hydrogen) atoms. The predicted octanol–water partition coefficient (Wildman–Crippen LogP) is 3.65. The average Bonchev–Trinajstić information content (AvgIpc) is 3.30. The van der Waals surface area contributed by atoms with Crippen LogP contribution in [0.3, 0.4) is 0 Å². The Morgan fingerprint density at radius 1 is 0.808 bits per heavy atom. The van der Waals surface area contributed by atoms with Crippen LogP contribution in [-0.4, -0.2) is 17.5 Å². The Kier molecular flexibility index (Phi) is 3.55. The van der Waals surface area contributed by atoms with Gasteiger partial charge in [-0.1, -0.05) is 73.3 Å². The van der Waals surface area contributed by atoms with Crippen molar-refractivity contribution in [3.8, 4) is 0 Å². The SMILES string of the molecule is C[Si](c1ccccc1)(c1ccccc1)c1ccc2nc3sccn3c2c1. The molecule has 0 radical (unpaired) electrons. The standard InChI is InChI=1S/C22H18N2SSi/c1-26(17-8-4-2-5-9-17,18-10-6-3-7-11-18)19-12-13-20-21(16-19)24-14-15-25-22(24)23-20/h2-16H,1H3. The van der Waals surface area contributed by atoms with Gasteiger partial charge in [0.1, 0.15) is 8.07 Å². The van der Waals surface area contributed by atoms with E-state index in [1.54, 1.807) is 11.3 Å². The van der Waals surface area contributed by atoms with Crippen molar-refractivity contribution in [1.82, 2.24) is 9.38 Å². The Morgan fingerprint density at radius 2 is 1.46 bits per heavy atom. The molecule has 0 aliphatic rings. The monoisotopic (exact) mass is 370 g/mol. The zero-order chi connectivity index (χ0) is 17.6. The molecule has 0 aliphatic carbocycles. The summed E-state index contributed by atoms with van der Waals surface area (Å²) in [4.78, 5) is 5.80. The van der Waals surface area contributed by atoms with E-state index in [2.05, 4.69) is 101 Å². The first kappa shape index (κ1) is 15.6. The number of rotatable bonds is 3. The highest BCUT2D eigenvalue weighted by molar-refractivity contribution is 7.15. The van der Waals surface area contributed by atoms with E-state index in [0.717, 1.165) is 10.5 Å². The second-order valence-corrected chi connectivity index (χ2v) is 11.6. The van der Waals surface area contributed by atoms with Crippen molar-refractivity contribution in [2.24, 2.45) is 0 Å². The van der Waals surface area contributed by atoms with Crippen LogP contribution in [0.4, 0.5) is 0 Å². The van der Waals surface area contributed by atoms with Crippen molar-refractivity contribution < 1.29 is 0 Å². The maximum atomic E-state index is 4.74. The van der Waals surface area contributed by atoms with Gasteiger partial charge in [-0.05, 0) is 27.7 Å². The summed E-state index contributed by atoms with van der Waals surface area (Å²) in [6.45, 7) is 2.45. The molecule has 0 saturated heterocycles. The normalized spacial score (nSPS) is 12.0. The van der Waals surface area contributed by atoms with Gasteiger partial charge in [-0.2, -0.15) is 0 Å². The fraction of sp³-hybridized carbons (Fsp3) is 0.0455. The second-order valence-electron chi connectivity index (χ2n) is 6.73. The lowest BCUT2D eigenvalue weighted by atomic mass is 10.3. The molecule has 126 valence electrons. The van der Waals surface area contributed by atoms with Crippen molar-refractivity contribution in [1.29, 1.82) is 0 Å². The van der Waals surface area contributed by atoms with Gasteiger partial charge < -0.3 is 0 Å². The first-order valence-electron chi connectivity index (χ1n) is 8.74. The van der Waals surface area contributed by atoms with Crippen LogP contribution >= 0.6 is 11.3 Å². The number of benzene rings is 3. The molecule has 0 spiro atoms. The minimum Gasteiger partial charge on any atom is -0.290 e. The lowest BCUT2D eigenvalue weighted by molar-refractivity contribution is 1.28. The summed E-state index contributed by atoms with van der Waals surface area (Å²) in [5.41, 5.74) is 2.27. The van der Waals surface area contributed by atoms with Crippen LogP contribution in [-0.2, 0) is 0 Å². The van der Waals surface area contributed by atoms with Crippen molar-refractivity contribution >= 4 is 51.0 Å². The summed E-state index contributed by atoms with van der Waals surface area (Å²) in [6, 6.07) is 28.7. The zero-order valence-corrected chi connectivity index (χ0v) is 16.3. The smallest absolute Gasteiger partial charge is 0.194 e. The van der Waals surface area contributed by atoms with Crippen LogP contribution in [0.15, 0.2) is 90.4 Å². The molecule has 0 amide bonds. The van der Waals surface area contributed by atoms with Gasteiger partial charge in [0.25, 0.3) is 0 Å². The van der Waals surface area contributed by atoms with E-state index in [1.807, 2.05) is 0 Å². The van der Waals surface area contributed by atoms with Gasteiger partial charge in [0.05, 0.1) is 11.0 Å². The Morgan fingerprint density at radius 3 is 2.12 bits per heavy atom. The summed E-state index contributed by atoms with van der Waals surface area (Å²) in [5.74, 6) is 0. The summed E-state index contributed by atoms with van der Waals surface area (Å²) >= 11 is 1.68. The van der Waals surface area contributed by atoms with E-state index < -0.39 is 8.07 Å². The van der Waals surface area contributed by atoms with Gasteiger partial charge in [0.15, 0.2) is 4.96 Å². The van der Waals surface area contributed by atoms with E-state index in [-0.39, 0.29) is 0 Å². The zero-order valence-electron chi connectivity index (χ0n) is 14.5. The predicted molar refractivity (Wildman–Crippen MR) is 114 cm³/mol. The molecule has 0 saturated carbocycles. The molecule has 0 unspecified atom stereocenters. The van der Waals surface area contributed by atoms with Gasteiger partial charge in [-0.3, -0.25) is 4.40 Å². The highest BCUT2D eigenvalue weighted by atomic mass is 32.1. The van der Waals surface area contributed by atoms with E-state index in [9.17, 15) is 0 Å².